The maximum Gasteiger partial charge on any atom is 0.305 e. The minimum absolute atomic E-state index is 0.168. The van der Waals surface area contributed by atoms with Crippen molar-refractivity contribution in [2.45, 2.75) is 58.3 Å². The van der Waals surface area contributed by atoms with Gasteiger partial charge in [0, 0.05) is 40.1 Å². The number of rotatable bonds is 7. The largest absolute Gasteiger partial charge is 0.463 e. The second-order valence-corrected chi connectivity index (χ2v) is 6.84. The number of nitrogens with zero attached hydrogens (tertiary/aromatic N) is 1. The van der Waals surface area contributed by atoms with Gasteiger partial charge in [0.25, 0.3) is 5.91 Å². The molecule has 0 spiro atoms. The second kappa shape index (κ2) is 11.2. The number of carbonyl (C=O) groups is 5. The van der Waals surface area contributed by atoms with Crippen LogP contribution >= 0.6 is 0 Å². The van der Waals surface area contributed by atoms with E-state index in [4.69, 9.17) is 23.7 Å². The predicted molar refractivity (Wildman–Crippen MR) is 104 cm³/mol. The normalized spacial score (nSPS) is 24.6. The summed E-state index contributed by atoms with van der Waals surface area (Å²) in [6.07, 6.45) is -2.47. The van der Waals surface area contributed by atoms with E-state index in [1.54, 1.807) is 0 Å². The molecule has 1 fully saturated rings. The van der Waals surface area contributed by atoms with Gasteiger partial charge in [-0.1, -0.05) is 0 Å². The summed E-state index contributed by atoms with van der Waals surface area (Å²) in [6.45, 7) is 4.11. The number of pyridine rings is 1. The van der Waals surface area contributed by atoms with E-state index >= 15 is 0 Å². The highest BCUT2D eigenvalue weighted by atomic mass is 16.7. The molecule has 32 heavy (non-hydrogen) atoms. The minimum Gasteiger partial charge on any atom is -0.463 e. The van der Waals surface area contributed by atoms with E-state index < -0.39 is 67.0 Å². The van der Waals surface area contributed by atoms with Crippen LogP contribution in [-0.2, 0) is 42.9 Å². The van der Waals surface area contributed by atoms with Crippen molar-refractivity contribution in [2.24, 2.45) is 0 Å². The van der Waals surface area contributed by atoms with Gasteiger partial charge in [-0.3, -0.25) is 29.0 Å². The number of aromatic nitrogens is 1. The van der Waals surface area contributed by atoms with Gasteiger partial charge in [-0.15, -0.1) is 0 Å². The molecule has 0 radical (unpaired) electrons. The van der Waals surface area contributed by atoms with Crippen LogP contribution in [0, 0.1) is 0 Å². The fourth-order valence-corrected chi connectivity index (χ4v) is 3.05. The number of ether oxygens (including phenoxy) is 5. The Kier molecular flexibility index (Phi) is 8.64. The molecule has 12 heteroatoms. The van der Waals surface area contributed by atoms with Crippen LogP contribution in [0.4, 0.5) is 0 Å². The van der Waals surface area contributed by atoms with Crippen LogP contribution in [0.5, 0.6) is 0 Å². The van der Waals surface area contributed by atoms with Crippen LogP contribution in [0.15, 0.2) is 24.5 Å². The van der Waals surface area contributed by atoms with Crippen molar-refractivity contribution in [3.05, 3.63) is 30.1 Å². The van der Waals surface area contributed by atoms with Crippen molar-refractivity contribution >= 4 is 29.8 Å². The monoisotopic (exact) mass is 452 g/mol. The van der Waals surface area contributed by atoms with Gasteiger partial charge in [0.2, 0.25) is 6.29 Å². The Morgan fingerprint density at radius 1 is 0.938 bits per heavy atom. The number of carbonyl (C=O) groups excluding carboxylic acids is 5. The van der Waals surface area contributed by atoms with E-state index in [0.29, 0.717) is 0 Å². The third kappa shape index (κ3) is 7.01. The van der Waals surface area contributed by atoms with Crippen LogP contribution in [0.25, 0.3) is 0 Å². The van der Waals surface area contributed by atoms with Gasteiger partial charge in [-0.2, -0.15) is 0 Å². The summed E-state index contributed by atoms with van der Waals surface area (Å²) in [6, 6.07) is 1.75. The summed E-state index contributed by atoms with van der Waals surface area (Å²) in [5.74, 6) is -3.54. The summed E-state index contributed by atoms with van der Waals surface area (Å²) in [4.78, 5) is 63.1. The van der Waals surface area contributed by atoms with E-state index in [0.717, 1.165) is 27.7 Å². The molecule has 0 unspecified atom stereocenters. The number of amides is 1. The molecule has 1 aromatic heterocycles. The molecule has 1 aliphatic rings. The standard InChI is InChI=1S/C20H24N2O10/c1-10(23)28-9-15-17(29-11(2)24)18(30-12(3)25)16(20(32-15)31-13(4)26)22-19(27)14-6-5-7-21-8-14/h5-8,15-18,20H,9H2,1-4H3,(H,22,27)/t15-,16+,17+,18-,20-/m0/s1. The van der Waals surface area contributed by atoms with Crippen molar-refractivity contribution < 1.29 is 47.7 Å². The summed E-state index contributed by atoms with van der Waals surface area (Å²) < 4.78 is 26.5. The molecule has 0 saturated carbocycles. The van der Waals surface area contributed by atoms with Crippen molar-refractivity contribution in [3.8, 4) is 0 Å². The summed E-state index contributed by atoms with van der Waals surface area (Å²) >= 11 is 0. The molecule has 1 saturated heterocycles. The zero-order valence-electron chi connectivity index (χ0n) is 17.9. The van der Waals surface area contributed by atoms with E-state index in [1.165, 1.54) is 24.5 Å². The van der Waals surface area contributed by atoms with Gasteiger partial charge in [-0.05, 0) is 12.1 Å². The number of hydrogen-bond acceptors (Lipinski definition) is 11. The average Bonchev–Trinajstić information content (AvgIpc) is 2.70. The van der Waals surface area contributed by atoms with E-state index in [-0.39, 0.29) is 5.56 Å². The molecule has 1 N–H and O–H groups in total. The molecule has 0 aromatic carbocycles. The Morgan fingerprint density at radius 3 is 2.09 bits per heavy atom. The van der Waals surface area contributed by atoms with Crippen LogP contribution in [0.3, 0.4) is 0 Å². The minimum atomic E-state index is -1.45. The first-order valence-electron chi connectivity index (χ1n) is 9.59. The van der Waals surface area contributed by atoms with Gasteiger partial charge in [0.1, 0.15) is 18.8 Å². The van der Waals surface area contributed by atoms with E-state index in [2.05, 4.69) is 10.3 Å². The molecule has 1 amide bonds. The van der Waals surface area contributed by atoms with Gasteiger partial charge in [0.05, 0.1) is 5.56 Å². The van der Waals surface area contributed by atoms with Gasteiger partial charge < -0.3 is 29.0 Å². The summed E-state index contributed by atoms with van der Waals surface area (Å²) in [5.41, 5.74) is 0.168. The average molecular weight is 452 g/mol. The maximum absolute atomic E-state index is 12.7. The van der Waals surface area contributed by atoms with Gasteiger partial charge in [-0.25, -0.2) is 0 Å². The molecule has 0 aliphatic carbocycles. The van der Waals surface area contributed by atoms with E-state index in [9.17, 15) is 24.0 Å². The quantitative estimate of drug-likeness (QED) is 0.435. The molecule has 0 bridgehead atoms. The van der Waals surface area contributed by atoms with Crippen molar-refractivity contribution in [1.82, 2.24) is 10.3 Å². The zero-order valence-corrected chi connectivity index (χ0v) is 17.9. The second-order valence-electron chi connectivity index (χ2n) is 6.84. The lowest BCUT2D eigenvalue weighted by Gasteiger charge is -2.44. The molecule has 2 rings (SSSR count). The van der Waals surface area contributed by atoms with Crippen LogP contribution in [0.2, 0.25) is 0 Å². The molecular weight excluding hydrogens is 428 g/mol. The Hall–Kier alpha value is -3.54. The highest BCUT2D eigenvalue weighted by Crippen LogP contribution is 2.28. The Bertz CT molecular complexity index is 859. The predicted octanol–water partition coefficient (Wildman–Crippen LogP) is -0.105. The molecule has 1 aromatic rings. The Balaban J connectivity index is 2.44. The molecule has 2 heterocycles. The molecule has 174 valence electrons. The number of esters is 4. The SMILES string of the molecule is CC(=O)OC[C@@H]1O[C@H](OC(C)=O)[C@H](NC(=O)c2cccnc2)[C@H](OC(C)=O)[C@@H]1OC(C)=O. The highest BCUT2D eigenvalue weighted by Gasteiger charge is 2.52. The smallest absolute Gasteiger partial charge is 0.305 e. The summed E-state index contributed by atoms with van der Waals surface area (Å²) in [5, 5.41) is 2.58. The molecular formula is C20H24N2O10. The van der Waals surface area contributed by atoms with Crippen LogP contribution in [-0.4, -0.2) is 72.0 Å². The number of nitrogens with one attached hydrogen (secondary N) is 1. The highest BCUT2D eigenvalue weighted by molar-refractivity contribution is 5.94. The molecule has 5 atom stereocenters. The lowest BCUT2D eigenvalue weighted by molar-refractivity contribution is -0.270. The van der Waals surface area contributed by atoms with E-state index in [1.807, 2.05) is 0 Å². The fraction of sp³-hybridized carbons (Fsp3) is 0.500. The summed E-state index contributed by atoms with van der Waals surface area (Å²) in [7, 11) is 0. The molecule has 1 aliphatic heterocycles. The lowest BCUT2D eigenvalue weighted by Crippen LogP contribution is -2.67. The van der Waals surface area contributed by atoms with Crippen molar-refractivity contribution in [3.63, 3.8) is 0 Å². The third-order valence-corrected chi connectivity index (χ3v) is 4.20. The zero-order chi connectivity index (χ0) is 23.8. The van der Waals surface area contributed by atoms with Gasteiger partial charge in [0.15, 0.2) is 12.2 Å². The first-order chi connectivity index (χ1) is 15.1. The molecule has 12 nitrogen and oxygen atoms in total. The van der Waals surface area contributed by atoms with Crippen LogP contribution in [0.1, 0.15) is 38.1 Å². The van der Waals surface area contributed by atoms with Crippen molar-refractivity contribution in [1.29, 1.82) is 0 Å². The first kappa shape index (κ1) is 24.7. The van der Waals surface area contributed by atoms with Gasteiger partial charge >= 0.3 is 23.9 Å². The number of hydrogen-bond donors (Lipinski definition) is 1. The van der Waals surface area contributed by atoms with Crippen LogP contribution < -0.4 is 5.32 Å². The fourth-order valence-electron chi connectivity index (χ4n) is 3.05. The lowest BCUT2D eigenvalue weighted by atomic mass is 9.95. The Labute approximate surface area is 183 Å². The maximum atomic E-state index is 12.7. The third-order valence-electron chi connectivity index (χ3n) is 4.20. The topological polar surface area (TPSA) is 156 Å². The first-order valence-corrected chi connectivity index (χ1v) is 9.59. The van der Waals surface area contributed by atoms with Crippen molar-refractivity contribution in [2.75, 3.05) is 6.61 Å². The Morgan fingerprint density at radius 2 is 1.56 bits per heavy atom.